The molecule has 96 valence electrons. The van der Waals surface area contributed by atoms with Gasteiger partial charge in [0, 0.05) is 0 Å². The van der Waals surface area contributed by atoms with Crippen molar-refractivity contribution in [3.8, 4) is 11.6 Å². The first kappa shape index (κ1) is 13.2. The van der Waals surface area contributed by atoms with E-state index < -0.39 is 0 Å². The van der Waals surface area contributed by atoms with Crippen LogP contribution in [0.3, 0.4) is 0 Å². The van der Waals surface area contributed by atoms with Gasteiger partial charge in [0.05, 0.1) is 15.3 Å². The minimum Gasteiger partial charge on any atom is -0.436 e. The number of ether oxygens (including phenoxy) is 1. The number of nitrogens with two attached hydrogens (primary N) is 1. The zero-order valence-electron chi connectivity index (χ0n) is 10.6. The Hall–Kier alpha value is -1.24. The monoisotopic (exact) mass is 357 g/mol. The highest BCUT2D eigenvalue weighted by Gasteiger charge is 2.17. The van der Waals surface area contributed by atoms with E-state index in [9.17, 15) is 0 Å². The highest BCUT2D eigenvalue weighted by atomic mass is 127. The highest BCUT2D eigenvalue weighted by Crippen LogP contribution is 2.33. The molecule has 0 aliphatic carbocycles. The maximum absolute atomic E-state index is 6.03. The Labute approximate surface area is 120 Å². The van der Waals surface area contributed by atoms with Crippen LogP contribution in [0.4, 0.5) is 5.69 Å². The van der Waals surface area contributed by atoms with Gasteiger partial charge in [-0.1, -0.05) is 12.1 Å². The van der Waals surface area contributed by atoms with Crippen LogP contribution in [-0.4, -0.2) is 9.78 Å². The highest BCUT2D eigenvalue weighted by molar-refractivity contribution is 14.1. The summed E-state index contributed by atoms with van der Waals surface area (Å²) >= 11 is 2.24. The zero-order valence-corrected chi connectivity index (χ0v) is 12.8. The van der Waals surface area contributed by atoms with Gasteiger partial charge in [0.25, 0.3) is 0 Å². The normalized spacial score (nSPS) is 10.9. The number of benzene rings is 1. The minimum atomic E-state index is 0.206. The van der Waals surface area contributed by atoms with Gasteiger partial charge >= 0.3 is 0 Å². The lowest BCUT2D eigenvalue weighted by Gasteiger charge is -2.13. The van der Waals surface area contributed by atoms with Gasteiger partial charge in [0.15, 0.2) is 0 Å². The molecule has 0 saturated carbocycles. The van der Waals surface area contributed by atoms with E-state index in [1.807, 2.05) is 35.9 Å². The van der Waals surface area contributed by atoms with Crippen LogP contribution in [0, 0.1) is 10.5 Å². The molecule has 2 N–H and O–H groups in total. The van der Waals surface area contributed by atoms with E-state index in [-0.39, 0.29) is 6.04 Å². The number of nitrogens with zero attached hydrogens (tertiary/aromatic N) is 2. The second-order valence-electron chi connectivity index (χ2n) is 4.38. The molecule has 0 aliphatic rings. The number of hydrogen-bond acceptors (Lipinski definition) is 3. The summed E-state index contributed by atoms with van der Waals surface area (Å²) in [4.78, 5) is 0. The largest absolute Gasteiger partial charge is 0.436 e. The number of aryl methyl sites for hydroxylation is 1. The van der Waals surface area contributed by atoms with E-state index in [0.717, 1.165) is 15.0 Å². The third-order valence-corrected chi connectivity index (χ3v) is 3.51. The molecule has 0 saturated heterocycles. The summed E-state index contributed by atoms with van der Waals surface area (Å²) in [6.07, 6.45) is 0. The predicted molar refractivity (Wildman–Crippen MR) is 81.0 cm³/mol. The van der Waals surface area contributed by atoms with Crippen molar-refractivity contribution in [2.75, 3.05) is 5.73 Å². The van der Waals surface area contributed by atoms with Crippen LogP contribution in [0.5, 0.6) is 11.6 Å². The van der Waals surface area contributed by atoms with Crippen LogP contribution in [0.25, 0.3) is 0 Å². The number of para-hydroxylation sites is 1. The lowest BCUT2D eigenvalue weighted by atomic mass is 10.3. The Morgan fingerprint density at radius 1 is 1.33 bits per heavy atom. The van der Waals surface area contributed by atoms with E-state index in [0.29, 0.717) is 11.6 Å². The van der Waals surface area contributed by atoms with Crippen LogP contribution >= 0.6 is 22.6 Å². The summed E-state index contributed by atoms with van der Waals surface area (Å²) in [5, 5.41) is 4.40. The van der Waals surface area contributed by atoms with Crippen molar-refractivity contribution in [2.24, 2.45) is 0 Å². The van der Waals surface area contributed by atoms with Crippen LogP contribution in [0.2, 0.25) is 0 Å². The van der Waals surface area contributed by atoms with E-state index in [2.05, 4.69) is 41.5 Å². The van der Waals surface area contributed by atoms with Gasteiger partial charge in [-0.05, 0) is 55.5 Å². The molecule has 2 rings (SSSR count). The first-order valence-corrected chi connectivity index (χ1v) is 6.85. The summed E-state index contributed by atoms with van der Waals surface area (Å²) in [5.74, 6) is 1.42. The van der Waals surface area contributed by atoms with Crippen molar-refractivity contribution < 1.29 is 4.74 Å². The summed E-state index contributed by atoms with van der Waals surface area (Å²) < 4.78 is 8.78. The van der Waals surface area contributed by atoms with Gasteiger partial charge in [-0.3, -0.25) is 0 Å². The third-order valence-electron chi connectivity index (χ3n) is 2.62. The molecular formula is C13H16IN3O. The van der Waals surface area contributed by atoms with Crippen molar-refractivity contribution in [2.45, 2.75) is 26.8 Å². The number of aromatic nitrogens is 2. The summed E-state index contributed by atoms with van der Waals surface area (Å²) in [6, 6.07) is 8.04. The Morgan fingerprint density at radius 2 is 2.00 bits per heavy atom. The van der Waals surface area contributed by atoms with Crippen molar-refractivity contribution >= 4 is 28.3 Å². The molecule has 0 spiro atoms. The van der Waals surface area contributed by atoms with E-state index in [1.54, 1.807) is 0 Å². The van der Waals surface area contributed by atoms with Crippen LogP contribution in [-0.2, 0) is 0 Å². The van der Waals surface area contributed by atoms with Crippen LogP contribution in [0.15, 0.2) is 24.3 Å². The molecule has 1 aromatic carbocycles. The quantitative estimate of drug-likeness (QED) is 0.852. The fourth-order valence-corrected chi connectivity index (χ4v) is 2.12. The molecule has 0 aliphatic heterocycles. The van der Waals surface area contributed by atoms with Crippen molar-refractivity contribution in [1.29, 1.82) is 0 Å². The number of hydrogen-bond donors (Lipinski definition) is 1. The molecule has 1 heterocycles. The maximum atomic E-state index is 6.03. The lowest BCUT2D eigenvalue weighted by molar-refractivity contribution is 0.388. The molecule has 0 fully saturated rings. The lowest BCUT2D eigenvalue weighted by Crippen LogP contribution is -2.06. The molecule has 2 aromatic rings. The molecule has 1 aromatic heterocycles. The first-order valence-electron chi connectivity index (χ1n) is 5.77. The molecule has 0 radical (unpaired) electrons. The first-order chi connectivity index (χ1) is 8.50. The van der Waals surface area contributed by atoms with E-state index in [4.69, 9.17) is 10.5 Å². The summed E-state index contributed by atoms with van der Waals surface area (Å²) in [7, 11) is 0. The van der Waals surface area contributed by atoms with Gasteiger partial charge in [-0.25, -0.2) is 4.68 Å². The molecule has 0 amide bonds. The number of halogens is 1. The molecule has 0 atom stereocenters. The molecular weight excluding hydrogens is 341 g/mol. The Bertz CT molecular complexity index is 563. The zero-order chi connectivity index (χ0) is 13.3. The fraction of sp³-hybridized carbons (Fsp3) is 0.308. The molecule has 4 nitrogen and oxygen atoms in total. The summed E-state index contributed by atoms with van der Waals surface area (Å²) in [5.41, 5.74) is 7.42. The fourth-order valence-electron chi connectivity index (χ4n) is 1.62. The van der Waals surface area contributed by atoms with Gasteiger partial charge in [-0.2, -0.15) is 5.10 Å². The van der Waals surface area contributed by atoms with Gasteiger partial charge in [0.2, 0.25) is 5.88 Å². The number of nitrogen functional groups attached to an aromatic ring is 1. The Kier molecular flexibility index (Phi) is 3.79. The summed E-state index contributed by atoms with van der Waals surface area (Å²) in [6.45, 7) is 5.99. The Balaban J connectivity index is 2.43. The molecule has 5 heteroatoms. The second-order valence-corrected chi connectivity index (χ2v) is 5.54. The Morgan fingerprint density at radius 3 is 2.61 bits per heavy atom. The van der Waals surface area contributed by atoms with E-state index >= 15 is 0 Å². The SMILES string of the molecule is Cc1nn(C(C)C)c(Oc2ccccc2I)c1N. The van der Waals surface area contributed by atoms with Gasteiger partial charge in [0.1, 0.15) is 11.4 Å². The smallest absolute Gasteiger partial charge is 0.241 e. The average molecular weight is 357 g/mol. The standard InChI is InChI=1S/C13H16IN3O/c1-8(2)17-13(12(15)9(3)16-17)18-11-7-5-4-6-10(11)14/h4-8H,15H2,1-3H3. The average Bonchev–Trinajstić information content (AvgIpc) is 2.60. The second kappa shape index (κ2) is 5.17. The maximum Gasteiger partial charge on any atom is 0.241 e. The van der Waals surface area contributed by atoms with Gasteiger partial charge in [-0.15, -0.1) is 0 Å². The van der Waals surface area contributed by atoms with Crippen LogP contribution in [0.1, 0.15) is 25.6 Å². The molecule has 18 heavy (non-hydrogen) atoms. The van der Waals surface area contributed by atoms with Crippen LogP contribution < -0.4 is 10.5 Å². The van der Waals surface area contributed by atoms with E-state index in [1.165, 1.54) is 0 Å². The van der Waals surface area contributed by atoms with Gasteiger partial charge < -0.3 is 10.5 Å². The number of anilines is 1. The third kappa shape index (κ3) is 2.45. The minimum absolute atomic E-state index is 0.206. The molecule has 0 bridgehead atoms. The number of rotatable bonds is 3. The topological polar surface area (TPSA) is 53.1 Å². The van der Waals surface area contributed by atoms with Crippen molar-refractivity contribution in [3.63, 3.8) is 0 Å². The van der Waals surface area contributed by atoms with Crippen molar-refractivity contribution in [1.82, 2.24) is 9.78 Å². The predicted octanol–water partition coefficient (Wildman–Crippen LogP) is 3.75. The van der Waals surface area contributed by atoms with Crippen molar-refractivity contribution in [3.05, 3.63) is 33.5 Å². The molecule has 0 unspecified atom stereocenters.